The molecule has 110 valence electrons. The summed E-state index contributed by atoms with van der Waals surface area (Å²) in [6, 6.07) is 5.93. The molecule has 0 radical (unpaired) electrons. The van der Waals surface area contributed by atoms with Crippen molar-refractivity contribution in [2.75, 3.05) is 19.6 Å². The van der Waals surface area contributed by atoms with Gasteiger partial charge in [0.15, 0.2) is 0 Å². The first-order valence-corrected chi connectivity index (χ1v) is 7.07. The lowest BCUT2D eigenvalue weighted by Gasteiger charge is -2.42. The molecule has 1 aromatic carbocycles. The zero-order valence-corrected chi connectivity index (χ0v) is 12.8. The molecule has 1 fully saturated rings. The second-order valence-electron chi connectivity index (χ2n) is 6.24. The van der Waals surface area contributed by atoms with Crippen LogP contribution in [0.4, 0.5) is 0 Å². The van der Waals surface area contributed by atoms with E-state index in [0.717, 1.165) is 11.1 Å². The van der Waals surface area contributed by atoms with E-state index < -0.39 is 0 Å². The zero-order valence-electron chi connectivity index (χ0n) is 12.8. The predicted octanol–water partition coefficient (Wildman–Crippen LogP) is 1.88. The molecule has 0 saturated carbocycles. The quantitative estimate of drug-likeness (QED) is 0.897. The Hall–Kier alpha value is -1.39. The van der Waals surface area contributed by atoms with Crippen LogP contribution in [-0.4, -0.2) is 42.1 Å². The largest absolute Gasteiger partial charge is 0.367 e. The maximum Gasteiger partial charge on any atom is 0.254 e. The summed E-state index contributed by atoms with van der Waals surface area (Å²) < 4.78 is 5.87. The van der Waals surface area contributed by atoms with Crippen LogP contribution in [0.2, 0.25) is 0 Å². The Labute approximate surface area is 120 Å². The molecule has 0 bridgehead atoms. The van der Waals surface area contributed by atoms with Crippen LogP contribution in [-0.2, 0) is 4.74 Å². The monoisotopic (exact) mass is 276 g/mol. The molecule has 1 unspecified atom stereocenters. The van der Waals surface area contributed by atoms with Crippen LogP contribution in [0.15, 0.2) is 18.2 Å². The molecular formula is C16H24N2O2. The van der Waals surface area contributed by atoms with E-state index in [-0.39, 0.29) is 17.6 Å². The number of amides is 1. The van der Waals surface area contributed by atoms with Gasteiger partial charge in [-0.15, -0.1) is 0 Å². The lowest BCUT2D eigenvalue weighted by Crippen LogP contribution is -2.56. The Morgan fingerprint density at radius 3 is 2.75 bits per heavy atom. The molecule has 1 heterocycles. The van der Waals surface area contributed by atoms with Crippen LogP contribution in [0.25, 0.3) is 0 Å². The van der Waals surface area contributed by atoms with Crippen molar-refractivity contribution in [2.45, 2.75) is 39.4 Å². The standard InChI is InChI=1S/C16H24N2O2/c1-11-5-6-14(12(2)7-11)15(19)18-9-13(8-17)20-16(3,4)10-18/h5-7,13H,8-10,17H2,1-4H3. The van der Waals surface area contributed by atoms with Gasteiger partial charge in [0.2, 0.25) is 0 Å². The van der Waals surface area contributed by atoms with Crippen LogP contribution < -0.4 is 5.73 Å². The highest BCUT2D eigenvalue weighted by Gasteiger charge is 2.35. The van der Waals surface area contributed by atoms with Crippen LogP contribution in [0.3, 0.4) is 0 Å². The van der Waals surface area contributed by atoms with Crippen molar-refractivity contribution in [3.63, 3.8) is 0 Å². The van der Waals surface area contributed by atoms with Gasteiger partial charge in [0.25, 0.3) is 5.91 Å². The average molecular weight is 276 g/mol. The normalized spacial score (nSPS) is 21.9. The van der Waals surface area contributed by atoms with Crippen LogP contribution in [0.5, 0.6) is 0 Å². The van der Waals surface area contributed by atoms with Crippen molar-refractivity contribution in [2.24, 2.45) is 5.73 Å². The Kier molecular flexibility index (Phi) is 4.16. The molecule has 1 aliphatic heterocycles. The Balaban J connectivity index is 2.23. The SMILES string of the molecule is Cc1ccc(C(=O)N2CC(CN)OC(C)(C)C2)c(C)c1. The Morgan fingerprint density at radius 2 is 2.15 bits per heavy atom. The summed E-state index contributed by atoms with van der Waals surface area (Å²) >= 11 is 0. The molecule has 1 aliphatic rings. The summed E-state index contributed by atoms with van der Waals surface area (Å²) in [4.78, 5) is 14.6. The highest BCUT2D eigenvalue weighted by atomic mass is 16.5. The van der Waals surface area contributed by atoms with Crippen LogP contribution >= 0.6 is 0 Å². The van der Waals surface area contributed by atoms with E-state index in [1.807, 2.05) is 50.8 Å². The molecule has 0 spiro atoms. The zero-order chi connectivity index (χ0) is 14.9. The molecule has 0 aromatic heterocycles. The van der Waals surface area contributed by atoms with Crippen LogP contribution in [0, 0.1) is 13.8 Å². The highest BCUT2D eigenvalue weighted by Crippen LogP contribution is 2.23. The smallest absolute Gasteiger partial charge is 0.254 e. The van der Waals surface area contributed by atoms with Gasteiger partial charge >= 0.3 is 0 Å². The number of benzene rings is 1. The van der Waals surface area contributed by atoms with Crippen molar-refractivity contribution in [3.8, 4) is 0 Å². The Morgan fingerprint density at radius 1 is 1.45 bits per heavy atom. The first-order valence-electron chi connectivity index (χ1n) is 7.07. The third-order valence-electron chi connectivity index (χ3n) is 3.64. The molecular weight excluding hydrogens is 252 g/mol. The summed E-state index contributed by atoms with van der Waals surface area (Å²) in [6.07, 6.45) is -0.0894. The molecule has 1 amide bonds. The molecule has 4 nitrogen and oxygen atoms in total. The van der Waals surface area contributed by atoms with Gasteiger partial charge in [-0.05, 0) is 39.3 Å². The van der Waals surface area contributed by atoms with Gasteiger partial charge in [0.05, 0.1) is 11.7 Å². The summed E-state index contributed by atoms with van der Waals surface area (Å²) in [5.74, 6) is 0.0670. The number of hydrogen-bond donors (Lipinski definition) is 1. The minimum absolute atomic E-state index is 0.0670. The summed E-state index contributed by atoms with van der Waals surface area (Å²) in [6.45, 7) is 9.59. The first kappa shape index (κ1) is 15.0. The molecule has 4 heteroatoms. The number of carbonyl (C=O) groups is 1. The van der Waals surface area contributed by atoms with Gasteiger partial charge < -0.3 is 15.4 Å². The number of morpholine rings is 1. The predicted molar refractivity (Wildman–Crippen MR) is 79.8 cm³/mol. The lowest BCUT2D eigenvalue weighted by atomic mass is 10.0. The van der Waals surface area contributed by atoms with E-state index in [0.29, 0.717) is 19.6 Å². The summed E-state index contributed by atoms with van der Waals surface area (Å²) in [7, 11) is 0. The number of ether oxygens (including phenoxy) is 1. The van der Waals surface area contributed by atoms with Crippen LogP contribution in [0.1, 0.15) is 35.3 Å². The summed E-state index contributed by atoms with van der Waals surface area (Å²) in [5, 5.41) is 0. The molecule has 2 rings (SSSR count). The van der Waals surface area contributed by atoms with E-state index in [1.165, 1.54) is 5.56 Å². The maximum absolute atomic E-state index is 12.7. The Bertz CT molecular complexity index is 511. The number of rotatable bonds is 2. The van der Waals surface area contributed by atoms with Crippen molar-refractivity contribution in [1.82, 2.24) is 4.90 Å². The number of nitrogens with two attached hydrogens (primary N) is 1. The van der Waals surface area contributed by atoms with Gasteiger partial charge in [-0.1, -0.05) is 17.7 Å². The van der Waals surface area contributed by atoms with Gasteiger partial charge in [-0.2, -0.15) is 0 Å². The third kappa shape index (κ3) is 3.19. The van der Waals surface area contributed by atoms with E-state index in [9.17, 15) is 4.79 Å². The lowest BCUT2D eigenvalue weighted by molar-refractivity contribution is -0.122. The van der Waals surface area contributed by atoms with Crippen molar-refractivity contribution in [1.29, 1.82) is 0 Å². The van der Waals surface area contributed by atoms with Gasteiger partial charge in [-0.3, -0.25) is 4.79 Å². The molecule has 1 atom stereocenters. The van der Waals surface area contributed by atoms with Crippen molar-refractivity contribution >= 4 is 5.91 Å². The topological polar surface area (TPSA) is 55.6 Å². The van der Waals surface area contributed by atoms with Gasteiger partial charge in [-0.25, -0.2) is 0 Å². The van der Waals surface area contributed by atoms with E-state index in [2.05, 4.69) is 0 Å². The molecule has 2 N–H and O–H groups in total. The highest BCUT2D eigenvalue weighted by molar-refractivity contribution is 5.95. The minimum atomic E-state index is -0.351. The van der Waals surface area contributed by atoms with E-state index in [4.69, 9.17) is 10.5 Å². The average Bonchev–Trinajstić information content (AvgIpc) is 2.36. The van der Waals surface area contributed by atoms with E-state index >= 15 is 0 Å². The molecule has 1 saturated heterocycles. The second-order valence-corrected chi connectivity index (χ2v) is 6.24. The molecule has 20 heavy (non-hydrogen) atoms. The fraction of sp³-hybridized carbons (Fsp3) is 0.562. The van der Waals surface area contributed by atoms with Crippen molar-refractivity contribution < 1.29 is 9.53 Å². The van der Waals surface area contributed by atoms with Gasteiger partial charge in [0.1, 0.15) is 0 Å². The number of aryl methyl sites for hydroxylation is 2. The second kappa shape index (κ2) is 5.54. The number of nitrogens with zero attached hydrogens (tertiary/aromatic N) is 1. The fourth-order valence-corrected chi connectivity index (χ4v) is 2.80. The maximum atomic E-state index is 12.7. The number of carbonyl (C=O) groups excluding carboxylic acids is 1. The van der Waals surface area contributed by atoms with E-state index in [1.54, 1.807) is 0 Å². The number of hydrogen-bond acceptors (Lipinski definition) is 3. The molecule has 0 aliphatic carbocycles. The molecule has 1 aromatic rings. The summed E-state index contributed by atoms with van der Waals surface area (Å²) in [5.41, 5.74) is 8.31. The third-order valence-corrected chi connectivity index (χ3v) is 3.64. The first-order chi connectivity index (χ1) is 9.32. The minimum Gasteiger partial charge on any atom is -0.367 e. The van der Waals surface area contributed by atoms with Crippen molar-refractivity contribution in [3.05, 3.63) is 34.9 Å². The van der Waals surface area contributed by atoms with Gasteiger partial charge in [0, 0.05) is 25.2 Å². The fourth-order valence-electron chi connectivity index (χ4n) is 2.80.